The monoisotopic (exact) mass is 379 g/mol. The van der Waals surface area contributed by atoms with E-state index < -0.39 is 0 Å². The van der Waals surface area contributed by atoms with E-state index in [0.717, 1.165) is 29.9 Å². The summed E-state index contributed by atoms with van der Waals surface area (Å²) in [4.78, 5) is 26.0. The quantitative estimate of drug-likeness (QED) is 0.737. The largest absolute Gasteiger partial charge is 0.380 e. The molecule has 1 saturated heterocycles. The first kappa shape index (κ1) is 19.9. The molecule has 2 aromatic carbocycles. The number of carbonyl (C=O) groups is 2. The molecule has 0 saturated carbocycles. The lowest BCUT2D eigenvalue weighted by Gasteiger charge is -2.24. The Bertz CT molecular complexity index is 787. The van der Waals surface area contributed by atoms with Crippen LogP contribution in [0.25, 0.3) is 0 Å². The number of nitrogens with one attached hydrogen (secondary N) is 2. The summed E-state index contributed by atoms with van der Waals surface area (Å²) in [6.45, 7) is 5.64. The normalized spacial score (nSPS) is 15.0. The second-order valence-electron chi connectivity index (χ2n) is 7.66. The average Bonchev–Trinajstić information content (AvgIpc) is 3.12. The third kappa shape index (κ3) is 5.35. The lowest BCUT2D eigenvalue weighted by Crippen LogP contribution is -2.40. The lowest BCUT2D eigenvalue weighted by molar-refractivity contribution is -0.120. The fraction of sp³-hybridized carbons (Fsp3) is 0.391. The summed E-state index contributed by atoms with van der Waals surface area (Å²) in [6.07, 6.45) is 1.87. The van der Waals surface area contributed by atoms with Crippen LogP contribution in [0.4, 0.5) is 11.4 Å². The van der Waals surface area contributed by atoms with E-state index in [2.05, 4.69) is 24.5 Å². The Hall–Kier alpha value is -2.82. The Balaban J connectivity index is 1.50. The smallest absolute Gasteiger partial charge is 0.227 e. The van der Waals surface area contributed by atoms with Gasteiger partial charge >= 0.3 is 0 Å². The molecule has 0 spiro atoms. The molecule has 5 nitrogen and oxygen atoms in total. The van der Waals surface area contributed by atoms with Crippen molar-refractivity contribution >= 4 is 23.2 Å². The van der Waals surface area contributed by atoms with Crippen molar-refractivity contribution in [3.8, 4) is 0 Å². The van der Waals surface area contributed by atoms with Gasteiger partial charge in [0.25, 0.3) is 0 Å². The van der Waals surface area contributed by atoms with Crippen molar-refractivity contribution in [1.29, 1.82) is 0 Å². The zero-order chi connectivity index (χ0) is 19.9. The Morgan fingerprint density at radius 2 is 1.79 bits per heavy atom. The van der Waals surface area contributed by atoms with Crippen LogP contribution in [0, 0.1) is 5.92 Å². The molecule has 2 aromatic rings. The van der Waals surface area contributed by atoms with Gasteiger partial charge in [0.2, 0.25) is 11.8 Å². The van der Waals surface area contributed by atoms with Gasteiger partial charge in [-0.3, -0.25) is 9.59 Å². The molecule has 1 unspecified atom stereocenters. The molecule has 28 heavy (non-hydrogen) atoms. The maximum atomic E-state index is 12.4. The minimum Gasteiger partial charge on any atom is -0.380 e. The second kappa shape index (κ2) is 9.40. The zero-order valence-electron chi connectivity index (χ0n) is 16.7. The molecule has 1 aliphatic rings. The van der Waals surface area contributed by atoms with Crippen molar-refractivity contribution in [2.24, 2.45) is 5.92 Å². The van der Waals surface area contributed by atoms with E-state index >= 15 is 0 Å². The summed E-state index contributed by atoms with van der Waals surface area (Å²) < 4.78 is 0. The maximum Gasteiger partial charge on any atom is 0.227 e. The number of carbonyl (C=O) groups excluding carboxylic acids is 2. The predicted octanol–water partition coefficient (Wildman–Crippen LogP) is 3.61. The van der Waals surface area contributed by atoms with Crippen molar-refractivity contribution in [3.05, 3.63) is 60.2 Å². The summed E-state index contributed by atoms with van der Waals surface area (Å²) in [6, 6.07) is 17.9. The van der Waals surface area contributed by atoms with Crippen LogP contribution in [0.1, 0.15) is 32.3 Å². The first-order valence-electron chi connectivity index (χ1n) is 10.0. The molecule has 0 radical (unpaired) electrons. The SMILES string of the molecule is CC(C)C(CNC(=O)Cc1ccc(N2CCCC2=O)cc1)Nc1ccccc1. The van der Waals surface area contributed by atoms with Gasteiger partial charge in [0.15, 0.2) is 0 Å². The summed E-state index contributed by atoms with van der Waals surface area (Å²) in [5, 5.41) is 6.53. The van der Waals surface area contributed by atoms with Gasteiger partial charge in [0, 0.05) is 36.9 Å². The van der Waals surface area contributed by atoms with Crippen molar-refractivity contribution in [1.82, 2.24) is 5.32 Å². The third-order valence-corrected chi connectivity index (χ3v) is 5.14. The minimum atomic E-state index is 0.00510. The number of hydrogen-bond acceptors (Lipinski definition) is 3. The Morgan fingerprint density at radius 1 is 1.07 bits per heavy atom. The van der Waals surface area contributed by atoms with Crippen molar-refractivity contribution in [2.75, 3.05) is 23.3 Å². The van der Waals surface area contributed by atoms with E-state index in [9.17, 15) is 9.59 Å². The number of amides is 2. The van der Waals surface area contributed by atoms with E-state index in [1.54, 1.807) is 0 Å². The standard InChI is InChI=1S/C23H29N3O2/c1-17(2)21(25-19-7-4-3-5-8-19)16-24-22(27)15-18-10-12-20(13-11-18)26-14-6-9-23(26)28/h3-5,7-8,10-13,17,21,25H,6,9,14-16H2,1-2H3,(H,24,27). The molecule has 0 aromatic heterocycles. The highest BCUT2D eigenvalue weighted by Gasteiger charge is 2.21. The molecule has 2 amide bonds. The number of hydrogen-bond donors (Lipinski definition) is 2. The Kier molecular flexibility index (Phi) is 6.69. The van der Waals surface area contributed by atoms with Gasteiger partial charge in [-0.1, -0.05) is 44.2 Å². The van der Waals surface area contributed by atoms with Gasteiger partial charge < -0.3 is 15.5 Å². The molecule has 2 N–H and O–H groups in total. The number of anilines is 2. The molecule has 148 valence electrons. The number of nitrogens with zero attached hydrogens (tertiary/aromatic N) is 1. The van der Waals surface area contributed by atoms with Gasteiger partial charge in [-0.2, -0.15) is 0 Å². The summed E-state index contributed by atoms with van der Waals surface area (Å²) in [7, 11) is 0. The predicted molar refractivity (Wildman–Crippen MR) is 113 cm³/mol. The molecular weight excluding hydrogens is 350 g/mol. The van der Waals surface area contributed by atoms with E-state index in [1.165, 1.54) is 0 Å². The van der Waals surface area contributed by atoms with E-state index in [-0.39, 0.29) is 17.9 Å². The van der Waals surface area contributed by atoms with Crippen LogP contribution in [-0.4, -0.2) is 30.9 Å². The molecule has 0 bridgehead atoms. The molecule has 3 rings (SSSR count). The number of para-hydroxylation sites is 1. The van der Waals surface area contributed by atoms with Crippen molar-refractivity contribution < 1.29 is 9.59 Å². The van der Waals surface area contributed by atoms with Gasteiger partial charge in [0.1, 0.15) is 0 Å². The lowest BCUT2D eigenvalue weighted by atomic mass is 10.0. The molecule has 1 fully saturated rings. The van der Waals surface area contributed by atoms with E-state index in [1.807, 2.05) is 59.5 Å². The third-order valence-electron chi connectivity index (χ3n) is 5.14. The van der Waals surface area contributed by atoms with Crippen molar-refractivity contribution in [3.63, 3.8) is 0 Å². The van der Waals surface area contributed by atoms with Crippen LogP contribution in [0.5, 0.6) is 0 Å². The van der Waals surface area contributed by atoms with Crippen LogP contribution in [-0.2, 0) is 16.0 Å². The van der Waals surface area contributed by atoms with Gasteiger partial charge in [-0.15, -0.1) is 0 Å². The van der Waals surface area contributed by atoms with Crippen LogP contribution >= 0.6 is 0 Å². The molecule has 1 heterocycles. The number of rotatable bonds is 8. The van der Waals surface area contributed by atoms with E-state index in [0.29, 0.717) is 25.3 Å². The highest BCUT2D eigenvalue weighted by atomic mass is 16.2. The van der Waals surface area contributed by atoms with Crippen LogP contribution < -0.4 is 15.5 Å². The summed E-state index contributed by atoms with van der Waals surface area (Å²) >= 11 is 0. The molecule has 1 atom stereocenters. The van der Waals surface area contributed by atoms with E-state index in [4.69, 9.17) is 0 Å². The first-order chi connectivity index (χ1) is 13.5. The maximum absolute atomic E-state index is 12.4. The van der Waals surface area contributed by atoms with Crippen molar-refractivity contribution in [2.45, 2.75) is 39.2 Å². The Labute approximate surface area is 167 Å². The van der Waals surface area contributed by atoms with Crippen LogP contribution in [0.3, 0.4) is 0 Å². The fourth-order valence-electron chi connectivity index (χ4n) is 3.39. The average molecular weight is 380 g/mol. The van der Waals surface area contributed by atoms with Gasteiger partial charge in [-0.05, 0) is 42.2 Å². The Morgan fingerprint density at radius 3 is 2.39 bits per heavy atom. The molecule has 5 heteroatoms. The topological polar surface area (TPSA) is 61.4 Å². The summed E-state index contributed by atoms with van der Waals surface area (Å²) in [5.74, 6) is 0.569. The fourth-order valence-corrected chi connectivity index (χ4v) is 3.39. The minimum absolute atomic E-state index is 0.00510. The molecule has 1 aliphatic heterocycles. The number of benzene rings is 2. The summed E-state index contributed by atoms with van der Waals surface area (Å²) in [5.41, 5.74) is 2.92. The van der Waals surface area contributed by atoms with Gasteiger partial charge in [0.05, 0.1) is 6.42 Å². The first-order valence-corrected chi connectivity index (χ1v) is 10.0. The van der Waals surface area contributed by atoms with Crippen LogP contribution in [0.2, 0.25) is 0 Å². The zero-order valence-corrected chi connectivity index (χ0v) is 16.7. The van der Waals surface area contributed by atoms with Crippen LogP contribution in [0.15, 0.2) is 54.6 Å². The molecule has 0 aliphatic carbocycles. The highest BCUT2D eigenvalue weighted by Crippen LogP contribution is 2.21. The second-order valence-corrected chi connectivity index (χ2v) is 7.66. The highest BCUT2D eigenvalue weighted by molar-refractivity contribution is 5.95. The molecular formula is C23H29N3O2. The van der Waals surface area contributed by atoms with Gasteiger partial charge in [-0.25, -0.2) is 0 Å².